The number of nitrogens with one attached hydrogen (secondary N) is 1. The normalized spacial score (nSPS) is 14.2. The number of hydrogen-bond donors (Lipinski definition) is 3. The van der Waals surface area contributed by atoms with E-state index in [9.17, 15) is 19.4 Å². The molecule has 0 aromatic rings. The highest BCUT2D eigenvalue weighted by molar-refractivity contribution is 7.47. The SMILES string of the molecule is CCCCCCC/C=C\C/C=C\CCCCCCCCCCCC(=O)NC(COP(=O)(O)OCC[N+](C)(C)C)C(O)/C=C/CC/C=C/CC/C=C/CCCCCCCCCCCCCCCCCCCCCC. The molecule has 0 bridgehead atoms. The number of nitrogens with zero attached hydrogens (tertiary/aromatic N) is 1. The number of hydrogen-bond acceptors (Lipinski definition) is 5. The third kappa shape index (κ3) is 57.7. The molecule has 0 spiro atoms. The van der Waals surface area contributed by atoms with Crippen molar-refractivity contribution in [3.63, 3.8) is 0 Å². The van der Waals surface area contributed by atoms with Crippen LogP contribution in [0.2, 0.25) is 0 Å². The minimum atomic E-state index is -4.36. The van der Waals surface area contributed by atoms with E-state index in [1.54, 1.807) is 6.08 Å². The van der Waals surface area contributed by atoms with Gasteiger partial charge >= 0.3 is 7.82 Å². The third-order valence-electron chi connectivity index (χ3n) is 13.9. The molecule has 3 atom stereocenters. The number of carbonyl (C=O) groups excluding carboxylic acids is 1. The van der Waals surface area contributed by atoms with Crippen LogP contribution in [-0.4, -0.2) is 73.4 Å². The van der Waals surface area contributed by atoms with E-state index in [0.717, 1.165) is 51.4 Å². The van der Waals surface area contributed by atoms with Crippen LogP contribution in [0.1, 0.15) is 290 Å². The number of carbonyl (C=O) groups is 1. The lowest BCUT2D eigenvalue weighted by Crippen LogP contribution is -2.45. The van der Waals surface area contributed by atoms with Gasteiger partial charge in [0.15, 0.2) is 0 Å². The maximum absolute atomic E-state index is 13.0. The molecule has 3 N–H and O–H groups in total. The number of likely N-dealkylation sites (N-methyl/N-ethyl adjacent to an activating group) is 1. The second kappa shape index (κ2) is 55.0. The Morgan fingerprint density at radius 2 is 0.795 bits per heavy atom. The molecule has 9 heteroatoms. The van der Waals surface area contributed by atoms with E-state index in [1.807, 2.05) is 27.2 Å². The van der Waals surface area contributed by atoms with Gasteiger partial charge in [-0.1, -0.05) is 267 Å². The molecule has 0 aliphatic rings. The Hall–Kier alpha value is -1.80. The Labute approximate surface area is 453 Å². The van der Waals surface area contributed by atoms with Gasteiger partial charge in [-0.05, 0) is 77.0 Å². The molecule has 0 rings (SSSR count). The average molecular weight is 1050 g/mol. The fourth-order valence-electron chi connectivity index (χ4n) is 9.05. The van der Waals surface area contributed by atoms with Gasteiger partial charge in [-0.25, -0.2) is 4.57 Å². The second-order valence-electron chi connectivity index (χ2n) is 22.4. The molecule has 1 amide bonds. The summed E-state index contributed by atoms with van der Waals surface area (Å²) in [6, 6.07) is -0.876. The fourth-order valence-corrected chi connectivity index (χ4v) is 9.78. The van der Waals surface area contributed by atoms with E-state index in [-0.39, 0.29) is 19.1 Å². The molecule has 0 saturated carbocycles. The molecule has 73 heavy (non-hydrogen) atoms. The van der Waals surface area contributed by atoms with Crippen LogP contribution in [0.15, 0.2) is 60.8 Å². The Morgan fingerprint density at radius 3 is 1.18 bits per heavy atom. The van der Waals surface area contributed by atoms with Crippen molar-refractivity contribution >= 4 is 13.7 Å². The highest BCUT2D eigenvalue weighted by Gasteiger charge is 2.27. The van der Waals surface area contributed by atoms with Crippen LogP contribution in [0.5, 0.6) is 0 Å². The van der Waals surface area contributed by atoms with Crippen LogP contribution in [-0.2, 0) is 18.4 Å². The van der Waals surface area contributed by atoms with Gasteiger partial charge in [-0.15, -0.1) is 0 Å². The molecule has 0 saturated heterocycles. The van der Waals surface area contributed by atoms with Crippen LogP contribution < -0.4 is 5.32 Å². The summed E-state index contributed by atoms with van der Waals surface area (Å²) < 4.78 is 23.7. The van der Waals surface area contributed by atoms with Crippen LogP contribution in [0.25, 0.3) is 0 Å². The summed E-state index contributed by atoms with van der Waals surface area (Å²) in [4.78, 5) is 23.3. The summed E-state index contributed by atoms with van der Waals surface area (Å²) in [5.74, 6) is -0.194. The average Bonchev–Trinajstić information content (AvgIpc) is 3.35. The Kier molecular flexibility index (Phi) is 53.6. The molecule has 0 radical (unpaired) electrons. The molecule has 3 unspecified atom stereocenters. The van der Waals surface area contributed by atoms with Crippen molar-refractivity contribution in [3.8, 4) is 0 Å². The van der Waals surface area contributed by atoms with Gasteiger partial charge in [0.2, 0.25) is 5.91 Å². The fraction of sp³-hybridized carbons (Fsp3) is 0.828. The van der Waals surface area contributed by atoms with E-state index in [2.05, 4.69) is 67.8 Å². The number of quaternary nitrogens is 1. The van der Waals surface area contributed by atoms with Gasteiger partial charge in [0.05, 0.1) is 39.9 Å². The van der Waals surface area contributed by atoms with Gasteiger partial charge in [0, 0.05) is 6.42 Å². The molecule has 8 nitrogen and oxygen atoms in total. The lowest BCUT2D eigenvalue weighted by Gasteiger charge is -2.25. The highest BCUT2D eigenvalue weighted by atomic mass is 31.2. The number of phosphoric acid groups is 1. The van der Waals surface area contributed by atoms with E-state index in [4.69, 9.17) is 9.05 Å². The first-order valence-corrected chi connectivity index (χ1v) is 32.7. The van der Waals surface area contributed by atoms with Crippen molar-refractivity contribution in [2.45, 2.75) is 302 Å². The van der Waals surface area contributed by atoms with E-state index < -0.39 is 20.0 Å². The molecular weight excluding hydrogens is 924 g/mol. The van der Waals surface area contributed by atoms with Gasteiger partial charge in [0.25, 0.3) is 0 Å². The molecule has 428 valence electrons. The molecule has 0 aliphatic heterocycles. The minimum absolute atomic E-state index is 0.0511. The monoisotopic (exact) mass is 1050 g/mol. The van der Waals surface area contributed by atoms with Gasteiger partial charge < -0.3 is 19.8 Å². The first-order valence-electron chi connectivity index (χ1n) is 31.2. The van der Waals surface area contributed by atoms with Crippen molar-refractivity contribution in [1.82, 2.24) is 5.32 Å². The summed E-state index contributed by atoms with van der Waals surface area (Å²) in [6.07, 6.45) is 74.9. The zero-order chi connectivity index (χ0) is 53.5. The maximum atomic E-state index is 13.0. The molecule has 0 aromatic carbocycles. The number of unbranched alkanes of at least 4 members (excludes halogenated alkanes) is 36. The Morgan fingerprint density at radius 1 is 0.466 bits per heavy atom. The van der Waals surface area contributed by atoms with Crippen molar-refractivity contribution in [1.29, 1.82) is 0 Å². The Bertz CT molecular complexity index is 1370. The van der Waals surface area contributed by atoms with Crippen LogP contribution in [0.3, 0.4) is 0 Å². The number of amides is 1. The van der Waals surface area contributed by atoms with Gasteiger partial charge in [0.1, 0.15) is 13.2 Å². The third-order valence-corrected chi connectivity index (χ3v) is 14.9. The molecular formula is C64H122N2O6P+. The van der Waals surface area contributed by atoms with Crippen molar-refractivity contribution in [3.05, 3.63) is 60.8 Å². The zero-order valence-electron chi connectivity index (χ0n) is 48.9. The summed E-state index contributed by atoms with van der Waals surface area (Å²) >= 11 is 0. The molecule has 0 fully saturated rings. The van der Waals surface area contributed by atoms with Crippen LogP contribution >= 0.6 is 7.82 Å². The largest absolute Gasteiger partial charge is 0.472 e. The summed E-state index contributed by atoms with van der Waals surface area (Å²) in [5.41, 5.74) is 0. The quantitative estimate of drug-likeness (QED) is 0.0243. The molecule has 0 aromatic heterocycles. The Balaban J connectivity index is 4.22. The lowest BCUT2D eigenvalue weighted by molar-refractivity contribution is -0.870. The lowest BCUT2D eigenvalue weighted by atomic mass is 10.0. The number of aliphatic hydroxyl groups is 1. The van der Waals surface area contributed by atoms with Gasteiger partial charge in [-0.3, -0.25) is 13.8 Å². The number of aliphatic hydroxyl groups excluding tert-OH is 1. The second-order valence-corrected chi connectivity index (χ2v) is 23.9. The highest BCUT2D eigenvalue weighted by Crippen LogP contribution is 2.43. The zero-order valence-corrected chi connectivity index (χ0v) is 49.8. The smallest absolute Gasteiger partial charge is 0.387 e. The van der Waals surface area contributed by atoms with Crippen molar-refractivity contribution in [2.75, 3.05) is 40.9 Å². The topological polar surface area (TPSA) is 105 Å². The van der Waals surface area contributed by atoms with Crippen molar-refractivity contribution in [2.24, 2.45) is 0 Å². The van der Waals surface area contributed by atoms with Crippen molar-refractivity contribution < 1.29 is 32.9 Å². The van der Waals surface area contributed by atoms with Crippen LogP contribution in [0, 0.1) is 0 Å². The van der Waals surface area contributed by atoms with E-state index in [0.29, 0.717) is 17.4 Å². The molecule has 0 heterocycles. The number of rotatable bonds is 57. The first-order chi connectivity index (χ1) is 35.5. The maximum Gasteiger partial charge on any atom is 0.472 e. The summed E-state index contributed by atoms with van der Waals surface area (Å²) in [5, 5.41) is 13.9. The number of allylic oxidation sites excluding steroid dienone is 9. The van der Waals surface area contributed by atoms with Gasteiger partial charge in [-0.2, -0.15) is 0 Å². The molecule has 0 aliphatic carbocycles. The van der Waals surface area contributed by atoms with E-state index >= 15 is 0 Å². The standard InChI is InChI=1S/C64H121N2O6P/c1-6-8-10-12-14-16-18-20-22-24-26-28-29-30-31-32-33-34-35-36-38-39-41-43-45-47-49-51-53-55-57-63(67)62(61-72-73(69,70)71-60-59-66(3,4)5)65-64(68)58-56-54-52-50-48-46-44-42-40-37-27-25-23-21-19-17-15-13-11-9-7-2/h19,21,25,27,39,41,47,49,55,57,62-63,67H,6-18,20,22-24,26,28-38,40,42-46,48,50-54,56,58-61H2,1-5H3,(H-,65,68,69,70)/p+1/b21-19-,27-25-,41-39+,49-47+,57-55+. The predicted molar refractivity (Wildman–Crippen MR) is 318 cm³/mol. The van der Waals surface area contributed by atoms with Crippen LogP contribution in [0.4, 0.5) is 0 Å². The summed E-state index contributed by atoms with van der Waals surface area (Å²) in [6.45, 7) is 4.80. The number of phosphoric ester groups is 1. The first kappa shape index (κ1) is 71.2. The van der Waals surface area contributed by atoms with E-state index in [1.165, 1.54) is 218 Å². The summed E-state index contributed by atoms with van der Waals surface area (Å²) in [7, 11) is 1.54. The minimum Gasteiger partial charge on any atom is -0.387 e. The predicted octanol–water partition coefficient (Wildman–Crippen LogP) is 19.3.